The monoisotopic (exact) mass is 294 g/mol. The predicted octanol–water partition coefficient (Wildman–Crippen LogP) is 2.90. The molecule has 0 fully saturated rings. The number of ether oxygens (including phenoxy) is 1. The van der Waals surface area contributed by atoms with E-state index in [9.17, 15) is 4.79 Å². The van der Waals surface area contributed by atoms with Crippen LogP contribution in [0.15, 0.2) is 53.7 Å². The first kappa shape index (κ1) is 15.3. The maximum absolute atomic E-state index is 11.3. The molecule has 110 valence electrons. The van der Waals surface area contributed by atoms with E-state index >= 15 is 0 Å². The summed E-state index contributed by atoms with van der Waals surface area (Å²) in [5, 5.41) is 12.8. The average Bonchev–Trinajstić information content (AvgIpc) is 2.59. The number of esters is 1. The molecule has 0 aliphatic rings. The van der Waals surface area contributed by atoms with Gasteiger partial charge in [0.2, 0.25) is 0 Å². The normalized spacial score (nSPS) is 10.2. The van der Waals surface area contributed by atoms with Crippen LogP contribution >= 0.6 is 0 Å². The molecule has 0 saturated carbocycles. The van der Waals surface area contributed by atoms with E-state index in [4.69, 9.17) is 10.1 Å². The molecule has 0 aromatic heterocycles. The minimum absolute atomic E-state index is 0.223. The Kier molecular flexibility index (Phi) is 5.27. The molecule has 0 spiro atoms. The summed E-state index contributed by atoms with van der Waals surface area (Å²) in [7, 11) is 1.34. The van der Waals surface area contributed by atoms with Crippen LogP contribution in [0.5, 0.6) is 0 Å². The van der Waals surface area contributed by atoms with Crippen molar-refractivity contribution >= 4 is 12.2 Å². The van der Waals surface area contributed by atoms with Crippen LogP contribution in [0.2, 0.25) is 0 Å². The number of carbonyl (C=O) groups is 1. The summed E-state index contributed by atoms with van der Waals surface area (Å²) in [5.74, 6) is -0.382. The Morgan fingerprint density at radius 2 is 1.95 bits per heavy atom. The lowest BCUT2D eigenvalue weighted by molar-refractivity contribution is 0.0600. The molecule has 0 aliphatic heterocycles. The first-order valence-corrected chi connectivity index (χ1v) is 6.56. The number of benzene rings is 2. The van der Waals surface area contributed by atoms with Crippen molar-refractivity contribution in [3.8, 4) is 6.07 Å². The van der Waals surface area contributed by atoms with Gasteiger partial charge in [-0.15, -0.1) is 0 Å². The van der Waals surface area contributed by atoms with Gasteiger partial charge < -0.3 is 9.57 Å². The molecule has 0 heterocycles. The first-order chi connectivity index (χ1) is 10.7. The average molecular weight is 294 g/mol. The predicted molar refractivity (Wildman–Crippen MR) is 81.3 cm³/mol. The summed E-state index contributed by atoms with van der Waals surface area (Å²) in [5.41, 5.74) is 2.62. The lowest BCUT2D eigenvalue weighted by Crippen LogP contribution is -2.00. The van der Waals surface area contributed by atoms with Gasteiger partial charge in [0.15, 0.2) is 0 Å². The Morgan fingerprint density at radius 1 is 1.23 bits per heavy atom. The van der Waals surface area contributed by atoms with Crippen molar-refractivity contribution in [3.63, 3.8) is 0 Å². The fourth-order valence-corrected chi connectivity index (χ4v) is 1.78. The first-order valence-electron chi connectivity index (χ1n) is 6.56. The highest BCUT2D eigenvalue weighted by Gasteiger charge is 2.03. The number of hydrogen-bond donors (Lipinski definition) is 0. The van der Waals surface area contributed by atoms with Crippen LogP contribution in [0.4, 0.5) is 0 Å². The molecule has 2 aromatic carbocycles. The quantitative estimate of drug-likeness (QED) is 0.483. The largest absolute Gasteiger partial charge is 0.465 e. The van der Waals surface area contributed by atoms with Crippen molar-refractivity contribution in [1.29, 1.82) is 5.26 Å². The molecule has 2 rings (SSSR count). The topological polar surface area (TPSA) is 71.7 Å². The summed E-state index contributed by atoms with van der Waals surface area (Å²) in [6, 6.07) is 16.1. The van der Waals surface area contributed by atoms with Gasteiger partial charge in [-0.1, -0.05) is 35.5 Å². The molecule has 0 atom stereocenters. The summed E-state index contributed by atoms with van der Waals surface area (Å²) >= 11 is 0. The second-order valence-electron chi connectivity index (χ2n) is 4.39. The van der Waals surface area contributed by atoms with Crippen LogP contribution in [0.1, 0.15) is 27.0 Å². The number of rotatable bonds is 5. The van der Waals surface area contributed by atoms with E-state index in [0.29, 0.717) is 11.1 Å². The number of carbonyl (C=O) groups excluding carboxylic acids is 1. The molecule has 2 aromatic rings. The number of nitrogens with zero attached hydrogens (tertiary/aromatic N) is 2. The number of methoxy groups -OCH3 is 1. The highest BCUT2D eigenvalue weighted by atomic mass is 16.6. The Bertz CT molecular complexity index is 715. The third-order valence-corrected chi connectivity index (χ3v) is 2.97. The zero-order valence-corrected chi connectivity index (χ0v) is 12.0. The molecule has 0 amide bonds. The number of oxime groups is 1. The van der Waals surface area contributed by atoms with Gasteiger partial charge >= 0.3 is 5.97 Å². The Balaban J connectivity index is 1.93. The lowest BCUT2D eigenvalue weighted by atomic mass is 10.1. The second-order valence-corrected chi connectivity index (χ2v) is 4.39. The van der Waals surface area contributed by atoms with E-state index < -0.39 is 0 Å². The summed E-state index contributed by atoms with van der Waals surface area (Å²) in [6.07, 6.45) is 1.54. The fraction of sp³-hybridized carbons (Fsp3) is 0.118. The Morgan fingerprint density at radius 3 is 2.64 bits per heavy atom. The molecular formula is C17H14N2O3. The van der Waals surface area contributed by atoms with Gasteiger partial charge in [0.1, 0.15) is 6.61 Å². The van der Waals surface area contributed by atoms with Crippen LogP contribution in [0.25, 0.3) is 0 Å². The minimum Gasteiger partial charge on any atom is -0.465 e. The van der Waals surface area contributed by atoms with Crippen molar-refractivity contribution in [2.24, 2.45) is 5.16 Å². The smallest absolute Gasteiger partial charge is 0.337 e. The summed E-state index contributed by atoms with van der Waals surface area (Å²) in [4.78, 5) is 16.5. The SMILES string of the molecule is COC(=O)c1ccc(/C=N/OCc2ccccc2C#N)cc1. The number of hydrogen-bond acceptors (Lipinski definition) is 5. The maximum Gasteiger partial charge on any atom is 0.337 e. The lowest BCUT2D eigenvalue weighted by Gasteiger charge is -2.02. The van der Waals surface area contributed by atoms with Crippen LogP contribution in [0.3, 0.4) is 0 Å². The highest BCUT2D eigenvalue weighted by molar-refractivity contribution is 5.90. The van der Waals surface area contributed by atoms with Crippen LogP contribution in [-0.4, -0.2) is 19.3 Å². The van der Waals surface area contributed by atoms with Crippen LogP contribution in [0, 0.1) is 11.3 Å². The molecule has 0 radical (unpaired) electrons. The molecule has 0 aliphatic carbocycles. The molecule has 0 N–H and O–H groups in total. The van der Waals surface area contributed by atoms with Crippen LogP contribution in [-0.2, 0) is 16.2 Å². The Labute approximate surface area is 128 Å². The minimum atomic E-state index is -0.382. The zero-order valence-electron chi connectivity index (χ0n) is 12.0. The van der Waals surface area contributed by atoms with Crippen molar-refractivity contribution in [3.05, 3.63) is 70.8 Å². The van der Waals surface area contributed by atoms with Gasteiger partial charge in [0.05, 0.1) is 30.5 Å². The molecule has 0 unspecified atom stereocenters. The van der Waals surface area contributed by atoms with Gasteiger partial charge in [0.25, 0.3) is 0 Å². The fourth-order valence-electron chi connectivity index (χ4n) is 1.78. The number of nitriles is 1. The molecule has 22 heavy (non-hydrogen) atoms. The molecule has 0 saturated heterocycles. The summed E-state index contributed by atoms with van der Waals surface area (Å²) < 4.78 is 4.62. The molecular weight excluding hydrogens is 280 g/mol. The van der Waals surface area contributed by atoms with E-state index in [1.807, 2.05) is 12.1 Å². The van der Waals surface area contributed by atoms with Gasteiger partial charge in [-0.25, -0.2) is 4.79 Å². The maximum atomic E-state index is 11.3. The van der Waals surface area contributed by atoms with Gasteiger partial charge in [-0.05, 0) is 23.8 Å². The molecule has 5 heteroatoms. The van der Waals surface area contributed by atoms with E-state index in [-0.39, 0.29) is 12.6 Å². The Hall–Kier alpha value is -3.13. The molecule has 0 bridgehead atoms. The van der Waals surface area contributed by atoms with Gasteiger partial charge in [-0.2, -0.15) is 5.26 Å². The van der Waals surface area contributed by atoms with Gasteiger partial charge in [-0.3, -0.25) is 0 Å². The van der Waals surface area contributed by atoms with Crippen LogP contribution < -0.4 is 0 Å². The van der Waals surface area contributed by atoms with E-state index in [1.165, 1.54) is 13.3 Å². The van der Waals surface area contributed by atoms with Crippen molar-refractivity contribution in [2.45, 2.75) is 6.61 Å². The van der Waals surface area contributed by atoms with E-state index in [0.717, 1.165) is 11.1 Å². The van der Waals surface area contributed by atoms with Crippen molar-refractivity contribution in [1.82, 2.24) is 0 Å². The molecule has 5 nitrogen and oxygen atoms in total. The highest BCUT2D eigenvalue weighted by Crippen LogP contribution is 2.09. The van der Waals surface area contributed by atoms with Gasteiger partial charge in [0, 0.05) is 5.56 Å². The van der Waals surface area contributed by atoms with Crippen molar-refractivity contribution < 1.29 is 14.4 Å². The zero-order chi connectivity index (χ0) is 15.8. The summed E-state index contributed by atoms with van der Waals surface area (Å²) in [6.45, 7) is 0.223. The van der Waals surface area contributed by atoms with E-state index in [2.05, 4.69) is 16.0 Å². The third-order valence-electron chi connectivity index (χ3n) is 2.97. The van der Waals surface area contributed by atoms with Crippen molar-refractivity contribution in [2.75, 3.05) is 7.11 Å². The third kappa shape index (κ3) is 3.93. The standard InChI is InChI=1S/C17H14N2O3/c1-21-17(20)14-8-6-13(7-9-14)11-19-22-12-16-5-3-2-4-15(16)10-18/h2-9,11H,12H2,1H3/b19-11+. The van der Waals surface area contributed by atoms with E-state index in [1.54, 1.807) is 36.4 Å². The second kappa shape index (κ2) is 7.60.